The number of guanidine groups is 1. The first-order chi connectivity index (χ1) is 15.0. The molecule has 5 nitrogen and oxygen atoms in total. The number of nitrogens with one attached hydrogen (secondary N) is 2. The summed E-state index contributed by atoms with van der Waals surface area (Å²) in [5, 5.41) is 6.92. The number of nitrogens with zero attached hydrogens (tertiary/aromatic N) is 3. The van der Waals surface area contributed by atoms with Crippen molar-refractivity contribution in [2.75, 3.05) is 27.2 Å². The smallest absolute Gasteiger partial charge is 0.191 e. The monoisotopic (exact) mass is 549 g/mol. The van der Waals surface area contributed by atoms with Gasteiger partial charge in [0.15, 0.2) is 5.96 Å². The zero-order valence-electron chi connectivity index (χ0n) is 20.1. The molecular formula is C26H40IN5. The van der Waals surface area contributed by atoms with Gasteiger partial charge in [0.2, 0.25) is 0 Å². The van der Waals surface area contributed by atoms with E-state index in [1.807, 2.05) is 7.05 Å². The van der Waals surface area contributed by atoms with Crippen molar-refractivity contribution in [1.82, 2.24) is 20.4 Å². The largest absolute Gasteiger partial charge is 0.352 e. The van der Waals surface area contributed by atoms with E-state index in [4.69, 9.17) is 0 Å². The quantitative estimate of drug-likeness (QED) is 0.273. The summed E-state index contributed by atoms with van der Waals surface area (Å²) in [6, 6.07) is 18.1. The molecule has 1 aliphatic heterocycles. The Morgan fingerprint density at radius 3 is 2.16 bits per heavy atom. The molecule has 2 aromatic carbocycles. The van der Waals surface area contributed by atoms with E-state index in [1.54, 1.807) is 0 Å². The Balaban J connectivity index is 0.00000363. The number of halogens is 1. The summed E-state index contributed by atoms with van der Waals surface area (Å²) in [4.78, 5) is 9.30. The predicted molar refractivity (Wildman–Crippen MR) is 146 cm³/mol. The van der Waals surface area contributed by atoms with Crippen LogP contribution in [0.25, 0.3) is 0 Å². The van der Waals surface area contributed by atoms with Crippen LogP contribution in [0.2, 0.25) is 0 Å². The highest BCUT2D eigenvalue weighted by molar-refractivity contribution is 14.0. The van der Waals surface area contributed by atoms with E-state index in [0.29, 0.717) is 6.04 Å². The van der Waals surface area contributed by atoms with Crippen molar-refractivity contribution in [1.29, 1.82) is 0 Å². The van der Waals surface area contributed by atoms with Gasteiger partial charge in [0, 0.05) is 39.3 Å². The summed E-state index contributed by atoms with van der Waals surface area (Å²) >= 11 is 0. The van der Waals surface area contributed by atoms with Gasteiger partial charge >= 0.3 is 0 Å². The molecule has 1 fully saturated rings. The molecule has 0 aliphatic carbocycles. The molecule has 0 unspecified atom stereocenters. The number of rotatable bonds is 9. The Morgan fingerprint density at radius 2 is 1.53 bits per heavy atom. The second-order valence-corrected chi connectivity index (χ2v) is 8.86. The lowest BCUT2D eigenvalue weighted by Gasteiger charge is -2.23. The SMILES string of the molecule is CN=C(NCc1ccc(CN2CCCC2)cc1)NCc1ccccc1CN(C)C(C)C.I. The van der Waals surface area contributed by atoms with E-state index >= 15 is 0 Å². The topological polar surface area (TPSA) is 42.9 Å². The van der Waals surface area contributed by atoms with Crippen LogP contribution in [0.4, 0.5) is 0 Å². The van der Waals surface area contributed by atoms with Gasteiger partial charge in [-0.25, -0.2) is 0 Å². The molecule has 0 aromatic heterocycles. The van der Waals surface area contributed by atoms with Gasteiger partial charge in [0.1, 0.15) is 0 Å². The fourth-order valence-electron chi connectivity index (χ4n) is 3.88. The minimum atomic E-state index is 0. The maximum absolute atomic E-state index is 4.40. The molecule has 32 heavy (non-hydrogen) atoms. The second kappa shape index (κ2) is 13.8. The van der Waals surface area contributed by atoms with Gasteiger partial charge < -0.3 is 10.6 Å². The maximum Gasteiger partial charge on any atom is 0.191 e. The number of benzene rings is 2. The highest BCUT2D eigenvalue weighted by atomic mass is 127. The fourth-order valence-corrected chi connectivity index (χ4v) is 3.88. The Hall–Kier alpha value is -1.64. The molecule has 0 bridgehead atoms. The third-order valence-corrected chi connectivity index (χ3v) is 6.18. The standard InChI is InChI=1S/C26H39N5.HI/c1-21(2)30(4)20-25-10-6-5-9-24(25)18-29-26(27-3)28-17-22-11-13-23(14-12-22)19-31-15-7-8-16-31;/h5-6,9-14,21H,7-8,15-20H2,1-4H3,(H2,27,28,29);1H. The van der Waals surface area contributed by atoms with Crippen LogP contribution in [0.1, 0.15) is 48.9 Å². The van der Waals surface area contributed by atoms with Crippen LogP contribution in [0.3, 0.4) is 0 Å². The number of hydrogen-bond acceptors (Lipinski definition) is 3. The van der Waals surface area contributed by atoms with Crippen LogP contribution in [-0.4, -0.2) is 49.0 Å². The molecule has 1 heterocycles. The summed E-state index contributed by atoms with van der Waals surface area (Å²) in [7, 11) is 4.00. The molecule has 0 spiro atoms. The van der Waals surface area contributed by atoms with Crippen molar-refractivity contribution in [2.45, 2.75) is 58.9 Å². The summed E-state index contributed by atoms with van der Waals surface area (Å²) in [5.74, 6) is 0.827. The first-order valence-electron chi connectivity index (χ1n) is 11.6. The van der Waals surface area contributed by atoms with Crippen LogP contribution < -0.4 is 10.6 Å². The van der Waals surface area contributed by atoms with Crippen LogP contribution in [-0.2, 0) is 26.2 Å². The number of aliphatic imine (C=N–C) groups is 1. The molecule has 0 radical (unpaired) electrons. The predicted octanol–water partition coefficient (Wildman–Crippen LogP) is 4.61. The molecule has 3 rings (SSSR count). The first kappa shape index (κ1) is 26.6. The van der Waals surface area contributed by atoms with Crippen molar-refractivity contribution >= 4 is 29.9 Å². The Kier molecular flexibility index (Phi) is 11.5. The normalized spacial score (nSPS) is 14.6. The Bertz CT molecular complexity index is 828. The van der Waals surface area contributed by atoms with E-state index < -0.39 is 0 Å². The molecule has 1 saturated heterocycles. The lowest BCUT2D eigenvalue weighted by atomic mass is 10.1. The molecule has 6 heteroatoms. The number of likely N-dealkylation sites (tertiary alicyclic amines) is 1. The summed E-state index contributed by atoms with van der Waals surface area (Å²) in [5.41, 5.74) is 5.34. The number of hydrogen-bond donors (Lipinski definition) is 2. The average Bonchev–Trinajstić information content (AvgIpc) is 3.29. The zero-order valence-corrected chi connectivity index (χ0v) is 22.4. The molecule has 2 N–H and O–H groups in total. The molecular weight excluding hydrogens is 509 g/mol. The van der Waals surface area contributed by atoms with Crippen LogP contribution >= 0.6 is 24.0 Å². The first-order valence-corrected chi connectivity index (χ1v) is 11.6. The Morgan fingerprint density at radius 1 is 0.938 bits per heavy atom. The minimum absolute atomic E-state index is 0. The Labute approximate surface area is 211 Å². The van der Waals surface area contributed by atoms with E-state index in [9.17, 15) is 0 Å². The van der Waals surface area contributed by atoms with Gasteiger partial charge in [-0.15, -0.1) is 24.0 Å². The summed E-state index contributed by atoms with van der Waals surface area (Å²) in [6.07, 6.45) is 2.68. The van der Waals surface area contributed by atoms with Gasteiger partial charge in [-0.05, 0) is 69.1 Å². The summed E-state index contributed by atoms with van der Waals surface area (Å²) in [6.45, 7) is 10.5. The lowest BCUT2D eigenvalue weighted by Crippen LogP contribution is -2.36. The van der Waals surface area contributed by atoms with Gasteiger partial charge in [-0.3, -0.25) is 14.8 Å². The molecule has 2 aromatic rings. The fraction of sp³-hybridized carbons (Fsp3) is 0.500. The average molecular weight is 550 g/mol. The van der Waals surface area contributed by atoms with Crippen molar-refractivity contribution < 1.29 is 0 Å². The van der Waals surface area contributed by atoms with E-state index in [2.05, 4.69) is 94.9 Å². The lowest BCUT2D eigenvalue weighted by molar-refractivity contribution is 0.265. The highest BCUT2D eigenvalue weighted by Crippen LogP contribution is 2.14. The van der Waals surface area contributed by atoms with E-state index in [1.165, 1.54) is 48.2 Å². The third-order valence-electron chi connectivity index (χ3n) is 6.18. The molecule has 0 amide bonds. The van der Waals surface area contributed by atoms with Crippen LogP contribution in [0, 0.1) is 0 Å². The van der Waals surface area contributed by atoms with Gasteiger partial charge in [-0.2, -0.15) is 0 Å². The van der Waals surface area contributed by atoms with Crippen molar-refractivity contribution in [2.24, 2.45) is 4.99 Å². The second-order valence-electron chi connectivity index (χ2n) is 8.86. The molecule has 0 atom stereocenters. The van der Waals surface area contributed by atoms with Gasteiger partial charge in [0.05, 0.1) is 0 Å². The van der Waals surface area contributed by atoms with Crippen molar-refractivity contribution in [3.8, 4) is 0 Å². The van der Waals surface area contributed by atoms with Gasteiger partial charge in [0.25, 0.3) is 0 Å². The zero-order chi connectivity index (χ0) is 22.1. The van der Waals surface area contributed by atoms with Crippen LogP contribution in [0.15, 0.2) is 53.5 Å². The molecule has 1 aliphatic rings. The molecule has 176 valence electrons. The maximum atomic E-state index is 4.40. The van der Waals surface area contributed by atoms with E-state index in [0.717, 1.165) is 32.1 Å². The highest BCUT2D eigenvalue weighted by Gasteiger charge is 2.12. The molecule has 0 saturated carbocycles. The van der Waals surface area contributed by atoms with Crippen LogP contribution in [0.5, 0.6) is 0 Å². The van der Waals surface area contributed by atoms with E-state index in [-0.39, 0.29) is 24.0 Å². The van der Waals surface area contributed by atoms with Crippen molar-refractivity contribution in [3.63, 3.8) is 0 Å². The third kappa shape index (κ3) is 8.37. The van der Waals surface area contributed by atoms with Crippen molar-refractivity contribution in [3.05, 3.63) is 70.8 Å². The minimum Gasteiger partial charge on any atom is -0.352 e. The summed E-state index contributed by atoms with van der Waals surface area (Å²) < 4.78 is 0. The van der Waals surface area contributed by atoms with Gasteiger partial charge in [-0.1, -0.05) is 48.5 Å².